The van der Waals surface area contributed by atoms with Gasteiger partial charge in [-0.25, -0.2) is 0 Å². The summed E-state index contributed by atoms with van der Waals surface area (Å²) in [5.74, 6) is -0.627. The monoisotopic (exact) mass is 380 g/mol. The highest BCUT2D eigenvalue weighted by Gasteiger charge is 2.33. The summed E-state index contributed by atoms with van der Waals surface area (Å²) >= 11 is 5.55. The highest BCUT2D eigenvalue weighted by atomic mass is 35.5. The second kappa shape index (κ2) is 6.84. The van der Waals surface area contributed by atoms with Gasteiger partial charge < -0.3 is 9.88 Å². The van der Waals surface area contributed by atoms with Gasteiger partial charge in [0, 0.05) is 17.3 Å². The Hall–Kier alpha value is -2.80. The first-order valence-corrected chi connectivity index (χ1v) is 7.88. The Labute approximate surface area is 150 Å². The van der Waals surface area contributed by atoms with Crippen LogP contribution in [0.15, 0.2) is 59.5 Å². The van der Waals surface area contributed by atoms with Crippen LogP contribution in [0, 0.1) is 0 Å². The van der Waals surface area contributed by atoms with Gasteiger partial charge in [-0.1, -0.05) is 29.8 Å². The van der Waals surface area contributed by atoms with Crippen molar-refractivity contribution < 1.29 is 18.0 Å². The van der Waals surface area contributed by atoms with E-state index in [0.29, 0.717) is 5.39 Å². The molecule has 0 radical (unpaired) electrons. The molecule has 3 rings (SSSR count). The van der Waals surface area contributed by atoms with E-state index in [1.165, 1.54) is 16.8 Å². The van der Waals surface area contributed by atoms with Crippen molar-refractivity contribution in [3.05, 3.63) is 75.7 Å². The minimum absolute atomic E-state index is 0.0550. The van der Waals surface area contributed by atoms with Crippen molar-refractivity contribution >= 4 is 34.0 Å². The second-order valence-electron chi connectivity index (χ2n) is 5.58. The third-order valence-electron chi connectivity index (χ3n) is 3.76. The molecule has 1 N–H and O–H groups in total. The molecular formula is C18H12ClF3N2O2. The number of carbonyl (C=O) groups is 1. The number of benzene rings is 2. The maximum absolute atomic E-state index is 12.9. The zero-order valence-electron chi connectivity index (χ0n) is 13.2. The Morgan fingerprint density at radius 3 is 2.58 bits per heavy atom. The van der Waals surface area contributed by atoms with Crippen LogP contribution in [0.4, 0.5) is 18.9 Å². The molecule has 0 bridgehead atoms. The lowest BCUT2D eigenvalue weighted by molar-refractivity contribution is -0.137. The summed E-state index contributed by atoms with van der Waals surface area (Å²) in [6.45, 7) is -0.326. The molecule has 0 saturated heterocycles. The van der Waals surface area contributed by atoms with E-state index in [1.54, 1.807) is 30.3 Å². The number of hydrogen-bond acceptors (Lipinski definition) is 2. The number of hydrogen-bond donors (Lipinski definition) is 1. The van der Waals surface area contributed by atoms with Gasteiger partial charge in [0.1, 0.15) is 6.54 Å². The number of halogens is 4. The van der Waals surface area contributed by atoms with E-state index in [9.17, 15) is 22.8 Å². The molecule has 1 aromatic heterocycles. The van der Waals surface area contributed by atoms with Crippen LogP contribution in [0.1, 0.15) is 5.56 Å². The number of carbonyl (C=O) groups excluding carboxylic acids is 1. The van der Waals surface area contributed by atoms with Crippen molar-refractivity contribution in [1.29, 1.82) is 0 Å². The maximum atomic E-state index is 12.9. The Balaban J connectivity index is 1.82. The Morgan fingerprint density at radius 1 is 1.12 bits per heavy atom. The lowest BCUT2D eigenvalue weighted by Crippen LogP contribution is -2.27. The SMILES string of the molecule is O=C(Cn1ccc2ccccc2c1=O)Nc1ccc(Cl)c(C(F)(F)F)c1. The molecule has 26 heavy (non-hydrogen) atoms. The normalized spacial score (nSPS) is 11.5. The largest absolute Gasteiger partial charge is 0.417 e. The number of aromatic nitrogens is 1. The van der Waals surface area contributed by atoms with Crippen LogP contribution in [0.3, 0.4) is 0 Å². The zero-order chi connectivity index (χ0) is 18.9. The molecule has 0 unspecified atom stereocenters. The van der Waals surface area contributed by atoms with Crippen molar-refractivity contribution in [2.75, 3.05) is 5.32 Å². The first-order chi connectivity index (χ1) is 12.3. The molecule has 2 aromatic carbocycles. The first-order valence-electron chi connectivity index (χ1n) is 7.50. The van der Waals surface area contributed by atoms with Gasteiger partial charge in [0.05, 0.1) is 10.6 Å². The summed E-state index contributed by atoms with van der Waals surface area (Å²) in [4.78, 5) is 24.5. The molecule has 0 fully saturated rings. The quantitative estimate of drug-likeness (QED) is 0.736. The predicted octanol–water partition coefficient (Wildman–Crippen LogP) is 4.31. The van der Waals surface area contributed by atoms with Gasteiger partial charge in [-0.2, -0.15) is 13.2 Å². The average molecular weight is 381 g/mol. The number of rotatable bonds is 3. The van der Waals surface area contributed by atoms with Gasteiger partial charge in [0.25, 0.3) is 5.56 Å². The van der Waals surface area contributed by atoms with Gasteiger partial charge in [-0.3, -0.25) is 9.59 Å². The van der Waals surface area contributed by atoms with Crippen LogP contribution >= 0.6 is 11.6 Å². The Morgan fingerprint density at radius 2 is 1.85 bits per heavy atom. The van der Waals surface area contributed by atoms with Crippen LogP contribution in [0.2, 0.25) is 5.02 Å². The van der Waals surface area contributed by atoms with Crippen LogP contribution in [-0.2, 0) is 17.5 Å². The van der Waals surface area contributed by atoms with E-state index >= 15 is 0 Å². The molecule has 0 atom stereocenters. The fourth-order valence-corrected chi connectivity index (χ4v) is 2.75. The summed E-state index contributed by atoms with van der Waals surface area (Å²) in [5, 5.41) is 3.08. The number of pyridine rings is 1. The molecule has 0 aliphatic heterocycles. The maximum Gasteiger partial charge on any atom is 0.417 e. The number of anilines is 1. The fourth-order valence-electron chi connectivity index (χ4n) is 2.53. The van der Waals surface area contributed by atoms with Crippen molar-refractivity contribution in [3.63, 3.8) is 0 Å². The molecule has 3 aromatic rings. The van der Waals surface area contributed by atoms with E-state index in [0.717, 1.165) is 17.5 Å². The van der Waals surface area contributed by atoms with Crippen molar-refractivity contribution in [1.82, 2.24) is 4.57 Å². The number of nitrogens with one attached hydrogen (secondary N) is 1. The second-order valence-corrected chi connectivity index (χ2v) is 5.98. The zero-order valence-corrected chi connectivity index (χ0v) is 13.9. The molecule has 0 spiro atoms. The highest BCUT2D eigenvalue weighted by molar-refractivity contribution is 6.31. The first kappa shape index (κ1) is 18.0. The summed E-state index contributed by atoms with van der Waals surface area (Å²) in [6, 6.07) is 11.7. The number of alkyl halides is 3. The van der Waals surface area contributed by atoms with Crippen molar-refractivity contribution in [3.8, 4) is 0 Å². The van der Waals surface area contributed by atoms with E-state index in [2.05, 4.69) is 5.32 Å². The van der Waals surface area contributed by atoms with E-state index in [1.807, 2.05) is 0 Å². The third kappa shape index (κ3) is 3.72. The third-order valence-corrected chi connectivity index (χ3v) is 4.09. The smallest absolute Gasteiger partial charge is 0.325 e. The van der Waals surface area contributed by atoms with Gasteiger partial charge in [0.2, 0.25) is 5.91 Å². The Bertz CT molecular complexity index is 1040. The minimum atomic E-state index is -4.63. The standard InChI is InChI=1S/C18H12ClF3N2O2/c19-15-6-5-12(9-14(15)18(20,21)22)23-16(25)10-24-8-7-11-3-1-2-4-13(11)17(24)26/h1-9H,10H2,(H,23,25). The molecule has 0 aliphatic rings. The molecule has 4 nitrogen and oxygen atoms in total. The molecule has 8 heteroatoms. The minimum Gasteiger partial charge on any atom is -0.325 e. The predicted molar refractivity (Wildman–Crippen MR) is 93.3 cm³/mol. The molecule has 1 amide bonds. The summed E-state index contributed by atoms with van der Waals surface area (Å²) < 4.78 is 39.8. The lowest BCUT2D eigenvalue weighted by atomic mass is 10.2. The number of amides is 1. The summed E-state index contributed by atoms with van der Waals surface area (Å²) in [5.41, 5.74) is -1.45. The molecule has 0 aliphatic carbocycles. The molecule has 1 heterocycles. The van der Waals surface area contributed by atoms with Gasteiger partial charge in [-0.15, -0.1) is 0 Å². The summed E-state index contributed by atoms with van der Waals surface area (Å²) in [6.07, 6.45) is -3.17. The molecule has 0 saturated carbocycles. The fraction of sp³-hybridized carbons (Fsp3) is 0.111. The number of nitrogens with zero attached hydrogens (tertiary/aromatic N) is 1. The van der Waals surface area contributed by atoms with Gasteiger partial charge >= 0.3 is 6.18 Å². The van der Waals surface area contributed by atoms with Gasteiger partial charge in [-0.05, 0) is 35.7 Å². The van der Waals surface area contributed by atoms with Crippen molar-refractivity contribution in [2.45, 2.75) is 12.7 Å². The van der Waals surface area contributed by atoms with Gasteiger partial charge in [0.15, 0.2) is 0 Å². The Kier molecular flexibility index (Phi) is 4.73. The van der Waals surface area contributed by atoms with Crippen molar-refractivity contribution in [2.24, 2.45) is 0 Å². The van der Waals surface area contributed by atoms with Crippen LogP contribution in [-0.4, -0.2) is 10.5 Å². The highest BCUT2D eigenvalue weighted by Crippen LogP contribution is 2.36. The van der Waals surface area contributed by atoms with E-state index < -0.39 is 22.7 Å². The van der Waals surface area contributed by atoms with Crippen LogP contribution < -0.4 is 10.9 Å². The molecule has 134 valence electrons. The average Bonchev–Trinajstić information content (AvgIpc) is 2.58. The topological polar surface area (TPSA) is 51.1 Å². The number of fused-ring (bicyclic) bond motifs is 1. The summed E-state index contributed by atoms with van der Waals surface area (Å²) in [7, 11) is 0. The van der Waals surface area contributed by atoms with E-state index in [-0.39, 0.29) is 17.8 Å². The van der Waals surface area contributed by atoms with Crippen LogP contribution in [0.5, 0.6) is 0 Å². The molecular weight excluding hydrogens is 369 g/mol. The van der Waals surface area contributed by atoms with Crippen LogP contribution in [0.25, 0.3) is 10.8 Å². The lowest BCUT2D eigenvalue weighted by Gasteiger charge is -2.12. The van der Waals surface area contributed by atoms with E-state index in [4.69, 9.17) is 11.6 Å².